The Morgan fingerprint density at radius 2 is 2.12 bits per heavy atom. The summed E-state index contributed by atoms with van der Waals surface area (Å²) < 4.78 is 26.5. The molecule has 2 fully saturated rings. The van der Waals surface area contributed by atoms with E-state index in [1.807, 2.05) is 12.1 Å². The highest BCUT2D eigenvalue weighted by Gasteiger charge is 2.62. The number of pyridine rings is 1. The molecule has 1 N–H and O–H groups in total. The summed E-state index contributed by atoms with van der Waals surface area (Å²) >= 11 is 0. The third kappa shape index (κ3) is 2.59. The zero-order chi connectivity index (χ0) is 18.2. The molecule has 2 atom stereocenters. The number of alkyl halides is 1. The van der Waals surface area contributed by atoms with Crippen molar-refractivity contribution in [3.63, 3.8) is 0 Å². The first kappa shape index (κ1) is 17.4. The Labute approximate surface area is 151 Å². The fourth-order valence-corrected chi connectivity index (χ4v) is 3.91. The predicted molar refractivity (Wildman–Crippen MR) is 94.9 cm³/mol. The lowest BCUT2D eigenvalue weighted by Gasteiger charge is -2.39. The zero-order valence-corrected chi connectivity index (χ0v) is 15.2. The molecule has 26 heavy (non-hydrogen) atoms. The van der Waals surface area contributed by atoms with E-state index in [4.69, 9.17) is 9.26 Å². The fraction of sp³-hybridized carbons (Fsp3) is 0.611. The van der Waals surface area contributed by atoms with Crippen LogP contribution in [0.5, 0.6) is 0 Å². The lowest BCUT2D eigenvalue weighted by molar-refractivity contribution is -0.0679. The van der Waals surface area contributed by atoms with Crippen molar-refractivity contribution in [2.24, 2.45) is 0 Å². The van der Waals surface area contributed by atoms with Gasteiger partial charge >= 0.3 is 0 Å². The van der Waals surface area contributed by atoms with E-state index in [0.29, 0.717) is 31.3 Å². The van der Waals surface area contributed by atoms with Crippen LogP contribution in [0.25, 0.3) is 11.4 Å². The molecule has 2 aliphatic heterocycles. The molecule has 2 aromatic rings. The summed E-state index contributed by atoms with van der Waals surface area (Å²) in [6.07, 6.45) is 2.06. The van der Waals surface area contributed by atoms with Gasteiger partial charge in [0.05, 0.1) is 6.61 Å². The van der Waals surface area contributed by atoms with Crippen LogP contribution in [0, 0.1) is 0 Å². The van der Waals surface area contributed by atoms with Crippen molar-refractivity contribution < 1.29 is 13.7 Å². The summed E-state index contributed by atoms with van der Waals surface area (Å²) in [7, 11) is 0. The molecular weight excluding hydrogens is 337 g/mol. The Morgan fingerprint density at radius 3 is 2.85 bits per heavy atom. The van der Waals surface area contributed by atoms with Crippen LogP contribution < -0.4 is 10.2 Å². The van der Waals surface area contributed by atoms with Crippen LogP contribution in [0.4, 0.5) is 10.2 Å². The van der Waals surface area contributed by atoms with Gasteiger partial charge in [0.25, 0.3) is 0 Å². The van der Waals surface area contributed by atoms with Gasteiger partial charge in [0.15, 0.2) is 0 Å². The first-order valence-corrected chi connectivity index (χ1v) is 9.15. The number of nitrogens with zero attached hydrogens (tertiary/aromatic N) is 4. The number of hydrogen-bond donors (Lipinski definition) is 1. The predicted octanol–water partition coefficient (Wildman–Crippen LogP) is 1.95. The second-order valence-corrected chi connectivity index (χ2v) is 6.95. The van der Waals surface area contributed by atoms with Gasteiger partial charge < -0.3 is 19.5 Å². The van der Waals surface area contributed by atoms with Crippen LogP contribution in [0.3, 0.4) is 0 Å². The maximum absolute atomic E-state index is 15.4. The van der Waals surface area contributed by atoms with Gasteiger partial charge in [-0.3, -0.25) is 0 Å². The SMILES string of the molecule is CCN(CC)c1ccc(-c2noc([C@]34CNC[C@@]3(F)CCOC4)n2)cn1. The molecule has 2 aliphatic rings. The normalized spacial score (nSPS) is 28.1. The van der Waals surface area contributed by atoms with Crippen LogP contribution in [-0.4, -0.2) is 60.2 Å². The molecule has 0 radical (unpaired) electrons. The maximum Gasteiger partial charge on any atom is 0.240 e. The molecule has 0 aliphatic carbocycles. The Hall–Kier alpha value is -2.06. The van der Waals surface area contributed by atoms with Gasteiger partial charge in [-0.1, -0.05) is 5.16 Å². The summed E-state index contributed by atoms with van der Waals surface area (Å²) in [5.41, 5.74) is -1.58. The Bertz CT molecular complexity index is 763. The number of rotatable bonds is 5. The highest BCUT2D eigenvalue weighted by atomic mass is 19.1. The highest BCUT2D eigenvalue weighted by Crippen LogP contribution is 2.46. The summed E-state index contributed by atoms with van der Waals surface area (Å²) in [5, 5.41) is 7.20. The average Bonchev–Trinajstić information content (AvgIpc) is 3.28. The molecule has 7 nitrogen and oxygen atoms in total. The smallest absolute Gasteiger partial charge is 0.240 e. The number of ether oxygens (including phenoxy) is 1. The van der Waals surface area contributed by atoms with Gasteiger partial charge in [-0.15, -0.1) is 0 Å². The van der Waals surface area contributed by atoms with Crippen LogP contribution in [0.2, 0.25) is 0 Å². The van der Waals surface area contributed by atoms with Gasteiger partial charge in [-0.2, -0.15) is 4.98 Å². The molecule has 0 unspecified atom stereocenters. The number of aromatic nitrogens is 3. The molecule has 2 saturated heterocycles. The van der Waals surface area contributed by atoms with Crippen molar-refractivity contribution in [3.8, 4) is 11.4 Å². The van der Waals surface area contributed by atoms with Crippen LogP contribution in [0.15, 0.2) is 22.9 Å². The first-order chi connectivity index (χ1) is 12.6. The lowest BCUT2D eigenvalue weighted by Crippen LogP contribution is -2.54. The summed E-state index contributed by atoms with van der Waals surface area (Å²) in [6.45, 7) is 7.35. The quantitative estimate of drug-likeness (QED) is 0.872. The summed E-state index contributed by atoms with van der Waals surface area (Å²) in [5.74, 6) is 1.63. The van der Waals surface area contributed by atoms with E-state index >= 15 is 4.39 Å². The van der Waals surface area contributed by atoms with E-state index in [1.165, 1.54) is 0 Å². The number of anilines is 1. The molecule has 0 bridgehead atoms. The highest BCUT2D eigenvalue weighted by molar-refractivity contribution is 5.56. The minimum absolute atomic E-state index is 0.247. The van der Waals surface area contributed by atoms with E-state index < -0.39 is 11.1 Å². The third-order valence-electron chi connectivity index (χ3n) is 5.61. The average molecular weight is 361 g/mol. The minimum Gasteiger partial charge on any atom is -0.380 e. The summed E-state index contributed by atoms with van der Waals surface area (Å²) in [6, 6.07) is 3.86. The van der Waals surface area contributed by atoms with Crippen molar-refractivity contribution in [2.45, 2.75) is 31.4 Å². The molecule has 8 heteroatoms. The van der Waals surface area contributed by atoms with Crippen molar-refractivity contribution in [3.05, 3.63) is 24.2 Å². The maximum atomic E-state index is 15.4. The van der Waals surface area contributed by atoms with Crippen molar-refractivity contribution in [2.75, 3.05) is 44.3 Å². The van der Waals surface area contributed by atoms with Crippen LogP contribution in [-0.2, 0) is 10.2 Å². The molecule has 0 aromatic carbocycles. The number of nitrogens with one attached hydrogen (secondary N) is 1. The van der Waals surface area contributed by atoms with Crippen molar-refractivity contribution >= 4 is 5.82 Å². The largest absolute Gasteiger partial charge is 0.380 e. The van der Waals surface area contributed by atoms with E-state index in [9.17, 15) is 0 Å². The van der Waals surface area contributed by atoms with Gasteiger partial charge in [0.2, 0.25) is 11.7 Å². The molecule has 2 aromatic heterocycles. The monoisotopic (exact) mass is 361 g/mol. The molecule has 4 rings (SSSR count). The van der Waals surface area contributed by atoms with E-state index in [1.54, 1.807) is 6.20 Å². The Balaban J connectivity index is 1.62. The fourth-order valence-electron chi connectivity index (χ4n) is 3.91. The van der Waals surface area contributed by atoms with Crippen molar-refractivity contribution in [1.82, 2.24) is 20.4 Å². The first-order valence-electron chi connectivity index (χ1n) is 9.15. The second kappa shape index (κ2) is 6.59. The van der Waals surface area contributed by atoms with Gasteiger partial charge in [-0.25, -0.2) is 9.37 Å². The molecule has 0 saturated carbocycles. The molecule has 0 spiro atoms. The topological polar surface area (TPSA) is 76.3 Å². The lowest BCUT2D eigenvalue weighted by atomic mass is 9.73. The third-order valence-corrected chi connectivity index (χ3v) is 5.61. The van der Waals surface area contributed by atoms with E-state index in [-0.39, 0.29) is 13.2 Å². The standard InChI is InChI=1S/C18H24FN5O2/c1-3-24(4-2)14-6-5-13(9-21-14)15-22-16(26-23-15)17-10-20-11-18(17,19)7-8-25-12-17/h5-6,9,20H,3-4,7-8,10-12H2,1-2H3/t17-,18+/m1/s1. The van der Waals surface area contributed by atoms with Crippen LogP contribution >= 0.6 is 0 Å². The molecule has 4 heterocycles. The second-order valence-electron chi connectivity index (χ2n) is 6.95. The molecule has 140 valence electrons. The number of halogens is 1. The Kier molecular flexibility index (Phi) is 4.40. The van der Waals surface area contributed by atoms with E-state index in [2.05, 4.69) is 39.2 Å². The zero-order valence-electron chi connectivity index (χ0n) is 15.2. The number of fused-ring (bicyclic) bond motifs is 1. The minimum atomic E-state index is -1.42. The van der Waals surface area contributed by atoms with Crippen molar-refractivity contribution in [1.29, 1.82) is 0 Å². The molecule has 0 amide bonds. The van der Waals surface area contributed by atoms with Gasteiger partial charge in [0, 0.05) is 51.0 Å². The number of hydrogen-bond acceptors (Lipinski definition) is 7. The molecular formula is C18H24FN5O2. The van der Waals surface area contributed by atoms with Crippen LogP contribution in [0.1, 0.15) is 26.2 Å². The van der Waals surface area contributed by atoms with Gasteiger partial charge in [0.1, 0.15) is 16.9 Å². The van der Waals surface area contributed by atoms with Gasteiger partial charge in [-0.05, 0) is 26.0 Å². The van der Waals surface area contributed by atoms with E-state index in [0.717, 1.165) is 24.5 Å². The summed E-state index contributed by atoms with van der Waals surface area (Å²) in [4.78, 5) is 11.2. The Morgan fingerprint density at radius 1 is 1.27 bits per heavy atom.